The van der Waals surface area contributed by atoms with E-state index in [1.165, 1.54) is 72.2 Å². The number of benzene rings is 1. The summed E-state index contributed by atoms with van der Waals surface area (Å²) in [6.45, 7) is 17.1. The summed E-state index contributed by atoms with van der Waals surface area (Å²) < 4.78 is 9.74. The predicted octanol–water partition coefficient (Wildman–Crippen LogP) is 11.2. The highest BCUT2D eigenvalue weighted by Gasteiger charge is 2.24. The molecule has 1 saturated carbocycles. The average Bonchev–Trinajstić information content (AvgIpc) is 3.63. The lowest BCUT2D eigenvalue weighted by Gasteiger charge is -2.27. The van der Waals surface area contributed by atoms with Crippen LogP contribution in [0.4, 0.5) is 11.5 Å². The molecule has 0 bridgehead atoms. The fourth-order valence-electron chi connectivity index (χ4n) is 5.63. The van der Waals surface area contributed by atoms with Gasteiger partial charge in [-0.15, -0.1) is 11.8 Å². The van der Waals surface area contributed by atoms with Crippen molar-refractivity contribution in [3.8, 4) is 11.3 Å². The van der Waals surface area contributed by atoms with E-state index in [2.05, 4.69) is 106 Å². The largest absolute Gasteiger partial charge is 0.381 e. The van der Waals surface area contributed by atoms with Gasteiger partial charge in [0.1, 0.15) is 11.7 Å². The molecule has 1 aliphatic carbocycles. The summed E-state index contributed by atoms with van der Waals surface area (Å²) in [4.78, 5) is 6.49. The molecule has 1 aliphatic rings. The Kier molecular flexibility index (Phi) is 15.5. The molecule has 1 aromatic carbocycles. The van der Waals surface area contributed by atoms with Gasteiger partial charge in [-0.1, -0.05) is 71.1 Å². The van der Waals surface area contributed by atoms with Gasteiger partial charge in [0, 0.05) is 48.5 Å². The van der Waals surface area contributed by atoms with Crippen LogP contribution in [-0.2, 0) is 11.8 Å². The highest BCUT2D eigenvalue weighted by molar-refractivity contribution is 7.98. The van der Waals surface area contributed by atoms with Crippen LogP contribution >= 0.6 is 11.8 Å². The molecule has 248 valence electrons. The summed E-state index contributed by atoms with van der Waals surface area (Å²) in [5, 5.41) is 8.07. The Balaban J connectivity index is 0.000000477. The van der Waals surface area contributed by atoms with Crippen molar-refractivity contribution in [1.29, 1.82) is 0 Å². The number of aryl methyl sites for hydroxylation is 2. The lowest BCUT2D eigenvalue weighted by molar-refractivity contribution is 0.122. The molecular weight excluding hydrogens is 575 g/mol. The maximum absolute atomic E-state index is 5.36. The molecule has 0 aliphatic heterocycles. The number of aromatic nitrogens is 3. The zero-order chi connectivity index (χ0) is 32.8. The Morgan fingerprint density at radius 1 is 1.13 bits per heavy atom. The van der Waals surface area contributed by atoms with Gasteiger partial charge in [-0.05, 0) is 88.8 Å². The minimum atomic E-state index is 0.454. The van der Waals surface area contributed by atoms with Crippen molar-refractivity contribution in [3.63, 3.8) is 0 Å². The van der Waals surface area contributed by atoms with Gasteiger partial charge < -0.3 is 14.6 Å². The van der Waals surface area contributed by atoms with Gasteiger partial charge in [0.2, 0.25) is 0 Å². The zero-order valence-corrected chi connectivity index (χ0v) is 30.4. The van der Waals surface area contributed by atoms with E-state index in [1.54, 1.807) is 11.8 Å². The van der Waals surface area contributed by atoms with Crippen LogP contribution in [0.3, 0.4) is 0 Å². The van der Waals surface area contributed by atoms with Crippen LogP contribution in [0.25, 0.3) is 17.3 Å². The third-order valence-electron chi connectivity index (χ3n) is 8.68. The smallest absolute Gasteiger partial charge is 0.142 e. The van der Waals surface area contributed by atoms with Crippen molar-refractivity contribution in [1.82, 2.24) is 14.3 Å². The third kappa shape index (κ3) is 11.2. The molecule has 2 aromatic heterocycles. The third-order valence-corrected chi connectivity index (χ3v) is 9.46. The van der Waals surface area contributed by atoms with E-state index in [0.29, 0.717) is 6.04 Å². The maximum Gasteiger partial charge on any atom is 0.142 e. The molecule has 0 saturated heterocycles. The molecule has 45 heavy (non-hydrogen) atoms. The first-order valence-electron chi connectivity index (χ1n) is 17.2. The second kappa shape index (κ2) is 19.0. The topological polar surface area (TPSA) is 56.4 Å². The minimum Gasteiger partial charge on any atom is -0.381 e. The fraction of sp³-hybridized carbons (Fsp3) is 0.579. The van der Waals surface area contributed by atoms with Gasteiger partial charge in [-0.25, -0.2) is 4.99 Å². The molecule has 0 radical (unpaired) electrons. The summed E-state index contributed by atoms with van der Waals surface area (Å²) in [6.07, 6.45) is 19.4. The average molecular weight is 634 g/mol. The highest BCUT2D eigenvalue weighted by atomic mass is 32.2. The lowest BCUT2D eigenvalue weighted by Crippen LogP contribution is -2.15. The SMILES string of the molecule is CCC(C)=Cc1cc(-c2cnn(C)c2)n(C2CCCCC2)c1/N=C(\C)Nc1ccc(C)cc1SC.CCCOCCC(C)CC. The van der Waals surface area contributed by atoms with E-state index in [4.69, 9.17) is 9.73 Å². The molecule has 4 rings (SSSR count). The minimum absolute atomic E-state index is 0.454. The molecular formula is C38H59N5OS. The molecule has 0 spiro atoms. The molecule has 1 fully saturated rings. The quantitative estimate of drug-likeness (QED) is 0.0880. The molecule has 7 heteroatoms. The Morgan fingerprint density at radius 2 is 1.89 bits per heavy atom. The highest BCUT2D eigenvalue weighted by Crippen LogP contribution is 2.41. The number of nitrogens with one attached hydrogen (secondary N) is 1. The van der Waals surface area contributed by atoms with Crippen LogP contribution in [0, 0.1) is 12.8 Å². The van der Waals surface area contributed by atoms with E-state index in [9.17, 15) is 0 Å². The van der Waals surface area contributed by atoms with Gasteiger partial charge in [0.15, 0.2) is 0 Å². The first-order valence-corrected chi connectivity index (χ1v) is 18.4. The lowest BCUT2D eigenvalue weighted by atomic mass is 9.95. The van der Waals surface area contributed by atoms with Gasteiger partial charge in [-0.2, -0.15) is 5.10 Å². The summed E-state index contributed by atoms with van der Waals surface area (Å²) in [7, 11) is 1.98. The number of anilines is 1. The number of nitrogens with zero attached hydrogens (tertiary/aromatic N) is 4. The standard InChI is InChI=1S/C29H39N5S.C9H20O/c1-7-20(2)15-23-17-27(24-18-30-33(5)19-24)34(25-11-9-8-10-12-25)29(23)32-22(4)31-26-14-13-21(3)16-28(26)35-6;1-4-7-10-8-6-9(3)5-2/h13-19,25H,7-12H2,1-6H3,(H,31,32);9H,4-8H2,1-3H3. The second-order valence-electron chi connectivity index (χ2n) is 12.7. The predicted molar refractivity (Wildman–Crippen MR) is 197 cm³/mol. The molecule has 2 heterocycles. The fourth-order valence-corrected chi connectivity index (χ4v) is 6.27. The molecule has 0 amide bonds. The van der Waals surface area contributed by atoms with Crippen LogP contribution in [0.1, 0.15) is 116 Å². The number of hydrogen-bond donors (Lipinski definition) is 1. The molecule has 3 aromatic rings. The molecule has 1 unspecified atom stereocenters. The number of aliphatic imine (C=N–C) groups is 1. The van der Waals surface area contributed by atoms with Crippen LogP contribution < -0.4 is 5.32 Å². The normalized spacial score (nSPS) is 15.1. The van der Waals surface area contributed by atoms with Crippen molar-refractivity contribution < 1.29 is 4.74 Å². The Hall–Kier alpha value is -2.77. The van der Waals surface area contributed by atoms with Crippen LogP contribution in [0.5, 0.6) is 0 Å². The number of amidine groups is 1. The van der Waals surface area contributed by atoms with Crippen LogP contribution in [0.2, 0.25) is 0 Å². The number of rotatable bonds is 13. The summed E-state index contributed by atoms with van der Waals surface area (Å²) in [5.41, 5.74) is 7.28. The number of hydrogen-bond acceptors (Lipinski definition) is 4. The van der Waals surface area contributed by atoms with Gasteiger partial charge >= 0.3 is 0 Å². The van der Waals surface area contributed by atoms with Gasteiger partial charge in [-0.3, -0.25) is 4.68 Å². The Bertz CT molecular complexity index is 1380. The molecule has 1 atom stereocenters. The maximum atomic E-state index is 5.36. The number of thioether (sulfide) groups is 1. The first kappa shape index (κ1) is 36.7. The Morgan fingerprint density at radius 3 is 2.51 bits per heavy atom. The van der Waals surface area contributed by atoms with Crippen molar-refractivity contribution in [2.45, 2.75) is 117 Å². The van der Waals surface area contributed by atoms with Crippen LogP contribution in [0.15, 0.2) is 52.1 Å². The van der Waals surface area contributed by atoms with Gasteiger partial charge in [0.25, 0.3) is 0 Å². The molecule has 1 N–H and O–H groups in total. The van der Waals surface area contributed by atoms with Crippen molar-refractivity contribution in [2.24, 2.45) is 18.0 Å². The van der Waals surface area contributed by atoms with E-state index in [-0.39, 0.29) is 0 Å². The van der Waals surface area contributed by atoms with Crippen molar-refractivity contribution in [2.75, 3.05) is 24.8 Å². The summed E-state index contributed by atoms with van der Waals surface area (Å²) >= 11 is 1.76. The van der Waals surface area contributed by atoms with Crippen LogP contribution in [-0.4, -0.2) is 39.7 Å². The molecule has 6 nitrogen and oxygen atoms in total. The number of ether oxygens (including phenoxy) is 1. The Labute approximate surface area is 278 Å². The van der Waals surface area contributed by atoms with E-state index in [1.807, 2.05) is 17.9 Å². The van der Waals surface area contributed by atoms with E-state index < -0.39 is 0 Å². The van der Waals surface area contributed by atoms with E-state index in [0.717, 1.165) is 54.9 Å². The van der Waals surface area contributed by atoms with Crippen molar-refractivity contribution in [3.05, 3.63) is 53.4 Å². The second-order valence-corrected chi connectivity index (χ2v) is 13.5. The van der Waals surface area contributed by atoms with E-state index >= 15 is 0 Å². The zero-order valence-electron chi connectivity index (χ0n) is 29.6. The van der Waals surface area contributed by atoms with Crippen molar-refractivity contribution >= 4 is 35.2 Å². The summed E-state index contributed by atoms with van der Waals surface area (Å²) in [5.74, 6) is 2.78. The van der Waals surface area contributed by atoms with Gasteiger partial charge in [0.05, 0.1) is 17.6 Å². The first-order chi connectivity index (χ1) is 21.7. The monoisotopic (exact) mass is 633 g/mol. The summed E-state index contributed by atoms with van der Waals surface area (Å²) in [6, 6.07) is 9.30. The number of allylic oxidation sites excluding steroid dienone is 1.